The number of imidazole rings is 1. The normalized spacial score (nSPS) is 16.6. The quantitative estimate of drug-likeness (QED) is 0.428. The average molecular weight is 463 g/mol. The second kappa shape index (κ2) is 11.5. The van der Waals surface area contributed by atoms with Crippen LogP contribution in [0.3, 0.4) is 0 Å². The maximum absolute atomic E-state index is 13.2. The van der Waals surface area contributed by atoms with Crippen LogP contribution in [0.2, 0.25) is 0 Å². The van der Waals surface area contributed by atoms with Crippen LogP contribution in [-0.2, 0) is 17.9 Å². The molecule has 6 heteroatoms. The molecule has 0 bridgehead atoms. The van der Waals surface area contributed by atoms with Gasteiger partial charge in [0.15, 0.2) is 0 Å². The molecule has 182 valence electrons. The van der Waals surface area contributed by atoms with Gasteiger partial charge in [0.2, 0.25) is 5.91 Å². The molecule has 0 aliphatic carbocycles. The minimum atomic E-state index is 0.0891. The van der Waals surface area contributed by atoms with Crippen molar-refractivity contribution in [1.82, 2.24) is 19.4 Å². The summed E-state index contributed by atoms with van der Waals surface area (Å²) in [6.07, 6.45) is 4.07. The summed E-state index contributed by atoms with van der Waals surface area (Å²) in [4.78, 5) is 22.7. The number of piperidine rings is 1. The SMILES string of the molecule is CCCN(CCC)C(=O)[C@H]1CCCN(Cc2nc3ccccc3n2Cc2ccc(OC)cc2)C1. The molecule has 2 aromatic carbocycles. The number of carbonyl (C=O) groups excluding carboxylic acids is 1. The minimum Gasteiger partial charge on any atom is -0.497 e. The topological polar surface area (TPSA) is 50.6 Å². The predicted octanol–water partition coefficient (Wildman–Crippen LogP) is 4.95. The lowest BCUT2D eigenvalue weighted by Crippen LogP contribution is -2.45. The van der Waals surface area contributed by atoms with Crippen molar-refractivity contribution in [2.75, 3.05) is 33.3 Å². The Hall–Kier alpha value is -2.86. The van der Waals surface area contributed by atoms with Gasteiger partial charge in [0.05, 0.1) is 30.6 Å². The Kier molecular flexibility index (Phi) is 8.22. The molecule has 1 aromatic heterocycles. The third-order valence-corrected chi connectivity index (χ3v) is 6.75. The molecule has 1 amide bonds. The highest BCUT2D eigenvalue weighted by atomic mass is 16.5. The lowest BCUT2D eigenvalue weighted by atomic mass is 9.96. The van der Waals surface area contributed by atoms with E-state index >= 15 is 0 Å². The van der Waals surface area contributed by atoms with Gasteiger partial charge >= 0.3 is 0 Å². The number of methoxy groups -OCH3 is 1. The van der Waals surface area contributed by atoms with Crippen molar-refractivity contribution in [2.45, 2.75) is 52.6 Å². The first kappa shape index (κ1) is 24.3. The summed E-state index contributed by atoms with van der Waals surface area (Å²) in [6, 6.07) is 16.6. The first-order valence-electron chi connectivity index (χ1n) is 12.7. The molecule has 34 heavy (non-hydrogen) atoms. The van der Waals surface area contributed by atoms with Gasteiger partial charge < -0.3 is 14.2 Å². The number of hydrogen-bond donors (Lipinski definition) is 0. The Morgan fingerprint density at radius 1 is 1.06 bits per heavy atom. The third-order valence-electron chi connectivity index (χ3n) is 6.75. The first-order valence-corrected chi connectivity index (χ1v) is 12.7. The summed E-state index contributed by atoms with van der Waals surface area (Å²) in [6.45, 7) is 9.37. The Bertz CT molecular complexity index is 1070. The van der Waals surface area contributed by atoms with Crippen LogP contribution in [0.4, 0.5) is 0 Å². The average Bonchev–Trinajstić information content (AvgIpc) is 3.20. The maximum atomic E-state index is 13.2. The van der Waals surface area contributed by atoms with Crippen LogP contribution in [-0.4, -0.2) is 58.5 Å². The fourth-order valence-corrected chi connectivity index (χ4v) is 5.07. The van der Waals surface area contributed by atoms with Crippen molar-refractivity contribution in [3.63, 3.8) is 0 Å². The van der Waals surface area contributed by atoms with Crippen molar-refractivity contribution in [3.05, 3.63) is 59.9 Å². The summed E-state index contributed by atoms with van der Waals surface area (Å²) < 4.78 is 7.64. The van der Waals surface area contributed by atoms with Crippen LogP contribution < -0.4 is 4.74 Å². The van der Waals surface area contributed by atoms with Crippen LogP contribution in [0.15, 0.2) is 48.5 Å². The Balaban J connectivity index is 1.53. The van der Waals surface area contributed by atoms with E-state index in [1.807, 2.05) is 18.2 Å². The summed E-state index contributed by atoms with van der Waals surface area (Å²) in [5, 5.41) is 0. The summed E-state index contributed by atoms with van der Waals surface area (Å²) in [5.41, 5.74) is 3.38. The Morgan fingerprint density at radius 2 is 1.79 bits per heavy atom. The van der Waals surface area contributed by atoms with E-state index in [9.17, 15) is 4.79 Å². The summed E-state index contributed by atoms with van der Waals surface area (Å²) in [7, 11) is 1.69. The number of fused-ring (bicyclic) bond motifs is 1. The highest BCUT2D eigenvalue weighted by Gasteiger charge is 2.29. The zero-order chi connectivity index (χ0) is 23.9. The van der Waals surface area contributed by atoms with Crippen molar-refractivity contribution >= 4 is 16.9 Å². The second-order valence-corrected chi connectivity index (χ2v) is 9.35. The number of amides is 1. The van der Waals surface area contributed by atoms with E-state index in [1.54, 1.807) is 7.11 Å². The molecule has 0 saturated carbocycles. The van der Waals surface area contributed by atoms with E-state index in [2.05, 4.69) is 58.5 Å². The molecule has 1 aliphatic rings. The smallest absolute Gasteiger partial charge is 0.226 e. The van der Waals surface area contributed by atoms with E-state index in [-0.39, 0.29) is 5.92 Å². The van der Waals surface area contributed by atoms with Gasteiger partial charge in [-0.2, -0.15) is 0 Å². The largest absolute Gasteiger partial charge is 0.497 e. The molecule has 0 spiro atoms. The molecule has 4 rings (SSSR count). The first-order chi connectivity index (χ1) is 16.6. The van der Waals surface area contributed by atoms with Gasteiger partial charge in [0, 0.05) is 26.2 Å². The van der Waals surface area contributed by atoms with Gasteiger partial charge in [0.25, 0.3) is 0 Å². The molecule has 1 fully saturated rings. The highest BCUT2D eigenvalue weighted by Crippen LogP contribution is 2.24. The third kappa shape index (κ3) is 5.61. The number of nitrogens with zero attached hydrogens (tertiary/aromatic N) is 4. The maximum Gasteiger partial charge on any atom is 0.226 e. The van der Waals surface area contributed by atoms with Crippen LogP contribution in [0.25, 0.3) is 11.0 Å². The molecule has 2 heterocycles. The second-order valence-electron chi connectivity index (χ2n) is 9.35. The number of likely N-dealkylation sites (tertiary alicyclic amines) is 1. The van der Waals surface area contributed by atoms with Gasteiger partial charge in [-0.3, -0.25) is 9.69 Å². The van der Waals surface area contributed by atoms with Crippen molar-refractivity contribution in [2.24, 2.45) is 5.92 Å². The van der Waals surface area contributed by atoms with E-state index < -0.39 is 0 Å². The standard InChI is InChI=1S/C28H38N4O2/c1-4-16-31(17-5-2)28(33)23-9-8-18-30(20-23)21-27-29-25-10-6-7-11-26(25)32(27)19-22-12-14-24(34-3)15-13-22/h6-7,10-15,23H,4-5,8-9,16-21H2,1-3H3/t23-/m0/s1. The molecule has 0 unspecified atom stereocenters. The van der Waals surface area contributed by atoms with Gasteiger partial charge in [-0.15, -0.1) is 0 Å². The zero-order valence-electron chi connectivity index (χ0n) is 20.9. The molecular weight excluding hydrogens is 424 g/mol. The van der Waals surface area contributed by atoms with Crippen molar-refractivity contribution in [3.8, 4) is 5.75 Å². The van der Waals surface area contributed by atoms with Crippen molar-refractivity contribution in [1.29, 1.82) is 0 Å². The lowest BCUT2D eigenvalue weighted by molar-refractivity contribution is -0.137. The number of hydrogen-bond acceptors (Lipinski definition) is 4. The molecule has 1 aliphatic heterocycles. The van der Waals surface area contributed by atoms with Crippen LogP contribution in [0.5, 0.6) is 5.75 Å². The molecule has 3 aromatic rings. The molecule has 0 N–H and O–H groups in total. The number of rotatable bonds is 10. The predicted molar refractivity (Wildman–Crippen MR) is 137 cm³/mol. The molecule has 1 saturated heterocycles. The zero-order valence-corrected chi connectivity index (χ0v) is 20.9. The number of carbonyl (C=O) groups is 1. The lowest BCUT2D eigenvalue weighted by Gasteiger charge is -2.35. The Labute approximate surface area is 203 Å². The van der Waals surface area contributed by atoms with E-state index in [1.165, 1.54) is 5.56 Å². The van der Waals surface area contributed by atoms with Crippen LogP contribution in [0, 0.1) is 5.92 Å². The van der Waals surface area contributed by atoms with Crippen molar-refractivity contribution < 1.29 is 9.53 Å². The van der Waals surface area contributed by atoms with E-state index in [4.69, 9.17) is 9.72 Å². The Morgan fingerprint density at radius 3 is 2.50 bits per heavy atom. The highest BCUT2D eigenvalue weighted by molar-refractivity contribution is 5.79. The fourth-order valence-electron chi connectivity index (χ4n) is 5.07. The van der Waals surface area contributed by atoms with Gasteiger partial charge in [-0.05, 0) is 62.1 Å². The monoisotopic (exact) mass is 462 g/mol. The van der Waals surface area contributed by atoms with Gasteiger partial charge in [0.1, 0.15) is 11.6 Å². The number of para-hydroxylation sites is 2. The number of aromatic nitrogens is 2. The summed E-state index contributed by atoms with van der Waals surface area (Å²) in [5.74, 6) is 2.35. The molecular formula is C28H38N4O2. The molecule has 6 nitrogen and oxygen atoms in total. The molecule has 0 radical (unpaired) electrons. The summed E-state index contributed by atoms with van der Waals surface area (Å²) >= 11 is 0. The van der Waals surface area contributed by atoms with Gasteiger partial charge in [-0.25, -0.2) is 4.98 Å². The van der Waals surface area contributed by atoms with E-state index in [0.717, 1.165) is 87.6 Å². The van der Waals surface area contributed by atoms with E-state index in [0.29, 0.717) is 5.91 Å². The number of ether oxygens (including phenoxy) is 1. The molecule has 1 atom stereocenters. The van der Waals surface area contributed by atoms with Crippen LogP contribution >= 0.6 is 0 Å². The number of benzene rings is 2. The fraction of sp³-hybridized carbons (Fsp3) is 0.500. The minimum absolute atomic E-state index is 0.0891. The van der Waals surface area contributed by atoms with Gasteiger partial charge in [-0.1, -0.05) is 38.1 Å². The van der Waals surface area contributed by atoms with Crippen LogP contribution in [0.1, 0.15) is 50.9 Å².